The predicted octanol–water partition coefficient (Wildman–Crippen LogP) is 2.75. The Morgan fingerprint density at radius 1 is 1.56 bits per heavy atom. The lowest BCUT2D eigenvalue weighted by Crippen LogP contribution is -2.35. The van der Waals surface area contributed by atoms with E-state index in [0.717, 1.165) is 11.3 Å². The quantitative estimate of drug-likeness (QED) is 0.880. The molecule has 0 spiro atoms. The molecule has 0 aliphatic heterocycles. The molecule has 0 aliphatic rings. The highest BCUT2D eigenvalue weighted by Gasteiger charge is 2.12. The van der Waals surface area contributed by atoms with Crippen LogP contribution >= 0.6 is 24.0 Å². The summed E-state index contributed by atoms with van der Waals surface area (Å²) < 4.78 is 0. The molecule has 0 heterocycles. The number of nitrogens with two attached hydrogens (primary N) is 1. The van der Waals surface area contributed by atoms with Crippen LogP contribution < -0.4 is 11.1 Å². The summed E-state index contributed by atoms with van der Waals surface area (Å²) in [6, 6.07) is 4.92. The Kier molecular flexibility index (Phi) is 6.41. The molecule has 0 radical (unpaired) electrons. The van der Waals surface area contributed by atoms with Gasteiger partial charge in [-0.2, -0.15) is 0 Å². The summed E-state index contributed by atoms with van der Waals surface area (Å²) in [5.74, 6) is -0.178. The van der Waals surface area contributed by atoms with E-state index >= 15 is 0 Å². The number of amides is 1. The van der Waals surface area contributed by atoms with Gasteiger partial charge in [-0.3, -0.25) is 4.79 Å². The fraction of sp³-hybridized carbons (Fsp3) is 0.364. The molecule has 0 saturated carbocycles. The van der Waals surface area contributed by atoms with E-state index in [2.05, 4.69) is 5.32 Å². The zero-order valence-corrected chi connectivity index (χ0v) is 10.9. The van der Waals surface area contributed by atoms with Gasteiger partial charge in [-0.15, -0.1) is 12.4 Å². The van der Waals surface area contributed by atoms with Crippen LogP contribution in [0.25, 0.3) is 0 Å². The minimum atomic E-state index is -0.469. The van der Waals surface area contributed by atoms with Crippen molar-refractivity contribution < 1.29 is 4.79 Å². The summed E-state index contributed by atoms with van der Waals surface area (Å²) >= 11 is 5.93. The van der Waals surface area contributed by atoms with Crippen molar-refractivity contribution in [1.82, 2.24) is 0 Å². The van der Waals surface area contributed by atoms with Crippen molar-refractivity contribution in [2.24, 2.45) is 5.73 Å². The maximum Gasteiger partial charge on any atom is 0.241 e. The predicted molar refractivity (Wildman–Crippen MR) is 70.3 cm³/mol. The Morgan fingerprint density at radius 2 is 2.19 bits per heavy atom. The molecule has 1 amide bonds. The summed E-state index contributed by atoms with van der Waals surface area (Å²) in [6.07, 6.45) is 0.617. The Morgan fingerprint density at radius 3 is 2.75 bits per heavy atom. The van der Waals surface area contributed by atoms with Crippen LogP contribution in [0.2, 0.25) is 5.02 Å². The molecule has 1 aromatic carbocycles. The van der Waals surface area contributed by atoms with Crippen molar-refractivity contribution in [1.29, 1.82) is 0 Å². The molecule has 0 saturated heterocycles. The standard InChI is InChI=1S/C11H15ClN2O.ClH/c1-3-9(13)11(15)14-10-6-4-5-8(12)7(10)2;/h4-6,9H,3,13H2,1-2H3,(H,14,15);1H/t9-;/m0./s1. The first kappa shape index (κ1) is 15.2. The van der Waals surface area contributed by atoms with Gasteiger partial charge in [0.25, 0.3) is 0 Å². The van der Waals surface area contributed by atoms with E-state index in [9.17, 15) is 4.79 Å². The average Bonchev–Trinajstić information content (AvgIpc) is 2.23. The molecule has 16 heavy (non-hydrogen) atoms. The fourth-order valence-corrected chi connectivity index (χ4v) is 1.33. The van der Waals surface area contributed by atoms with E-state index in [-0.39, 0.29) is 18.3 Å². The summed E-state index contributed by atoms with van der Waals surface area (Å²) in [5.41, 5.74) is 7.18. The van der Waals surface area contributed by atoms with Gasteiger partial charge < -0.3 is 11.1 Å². The Hall–Kier alpha value is -0.770. The molecule has 0 unspecified atom stereocenters. The minimum Gasteiger partial charge on any atom is -0.324 e. The van der Waals surface area contributed by atoms with Crippen LogP contribution in [0, 0.1) is 6.92 Å². The summed E-state index contributed by atoms with van der Waals surface area (Å²) in [7, 11) is 0. The van der Waals surface area contributed by atoms with E-state index in [0.29, 0.717) is 11.4 Å². The number of halogens is 2. The first-order chi connectivity index (χ1) is 7.06. The Balaban J connectivity index is 0.00000225. The van der Waals surface area contributed by atoms with Gasteiger partial charge in [-0.05, 0) is 31.0 Å². The highest BCUT2D eigenvalue weighted by molar-refractivity contribution is 6.31. The molecule has 0 bridgehead atoms. The molecular weight excluding hydrogens is 247 g/mol. The Bertz CT molecular complexity index is 369. The topological polar surface area (TPSA) is 55.1 Å². The van der Waals surface area contributed by atoms with Gasteiger partial charge >= 0.3 is 0 Å². The van der Waals surface area contributed by atoms with Crippen LogP contribution in [0.15, 0.2) is 18.2 Å². The lowest BCUT2D eigenvalue weighted by Gasteiger charge is -2.12. The van der Waals surface area contributed by atoms with Crippen LogP contribution in [-0.4, -0.2) is 11.9 Å². The largest absolute Gasteiger partial charge is 0.324 e. The number of benzene rings is 1. The third-order valence-electron chi connectivity index (χ3n) is 2.30. The second-order valence-electron chi connectivity index (χ2n) is 3.42. The molecule has 90 valence electrons. The Labute approximate surface area is 107 Å². The molecule has 3 N–H and O–H groups in total. The van der Waals surface area contributed by atoms with Crippen molar-refractivity contribution in [2.75, 3.05) is 5.32 Å². The van der Waals surface area contributed by atoms with E-state index in [1.165, 1.54) is 0 Å². The number of anilines is 1. The van der Waals surface area contributed by atoms with Crippen molar-refractivity contribution in [3.8, 4) is 0 Å². The molecule has 1 rings (SSSR count). The van der Waals surface area contributed by atoms with Gasteiger partial charge in [-0.25, -0.2) is 0 Å². The van der Waals surface area contributed by atoms with Crippen molar-refractivity contribution >= 4 is 35.6 Å². The van der Waals surface area contributed by atoms with Gasteiger partial charge in [0.1, 0.15) is 0 Å². The third-order valence-corrected chi connectivity index (χ3v) is 2.71. The normalized spacial score (nSPS) is 11.5. The molecule has 1 aromatic rings. The lowest BCUT2D eigenvalue weighted by molar-refractivity contribution is -0.117. The van der Waals surface area contributed by atoms with Gasteiger partial charge in [0, 0.05) is 10.7 Å². The lowest BCUT2D eigenvalue weighted by atomic mass is 10.1. The summed E-state index contributed by atoms with van der Waals surface area (Å²) in [6.45, 7) is 3.73. The van der Waals surface area contributed by atoms with Gasteiger partial charge in [-0.1, -0.05) is 24.6 Å². The van der Waals surface area contributed by atoms with E-state index in [4.69, 9.17) is 17.3 Å². The van der Waals surface area contributed by atoms with Crippen LogP contribution in [0.1, 0.15) is 18.9 Å². The van der Waals surface area contributed by atoms with E-state index < -0.39 is 6.04 Å². The van der Waals surface area contributed by atoms with Crippen LogP contribution in [0.4, 0.5) is 5.69 Å². The minimum absolute atomic E-state index is 0. The van der Waals surface area contributed by atoms with E-state index in [1.54, 1.807) is 12.1 Å². The highest BCUT2D eigenvalue weighted by atomic mass is 35.5. The second-order valence-corrected chi connectivity index (χ2v) is 3.82. The summed E-state index contributed by atoms with van der Waals surface area (Å²) in [5, 5.41) is 3.39. The zero-order valence-electron chi connectivity index (χ0n) is 9.29. The van der Waals surface area contributed by atoms with Gasteiger partial charge in [0.2, 0.25) is 5.91 Å². The molecule has 5 heteroatoms. The molecule has 0 aliphatic carbocycles. The van der Waals surface area contributed by atoms with Crippen molar-refractivity contribution in [2.45, 2.75) is 26.3 Å². The number of carbonyl (C=O) groups is 1. The highest BCUT2D eigenvalue weighted by Crippen LogP contribution is 2.22. The number of hydrogen-bond donors (Lipinski definition) is 2. The fourth-order valence-electron chi connectivity index (χ4n) is 1.15. The molecular formula is C11H16Cl2N2O. The first-order valence-electron chi connectivity index (χ1n) is 4.87. The van der Waals surface area contributed by atoms with Gasteiger partial charge in [0.15, 0.2) is 0 Å². The van der Waals surface area contributed by atoms with Crippen LogP contribution in [-0.2, 0) is 4.79 Å². The van der Waals surface area contributed by atoms with Crippen LogP contribution in [0.3, 0.4) is 0 Å². The second kappa shape index (κ2) is 6.74. The molecule has 0 aromatic heterocycles. The smallest absolute Gasteiger partial charge is 0.241 e. The first-order valence-corrected chi connectivity index (χ1v) is 5.25. The maximum absolute atomic E-state index is 11.5. The third kappa shape index (κ3) is 3.67. The number of rotatable bonds is 3. The van der Waals surface area contributed by atoms with Gasteiger partial charge in [0.05, 0.1) is 6.04 Å². The SMILES string of the molecule is CC[C@H](N)C(=O)Nc1cccc(Cl)c1C.Cl. The number of hydrogen-bond acceptors (Lipinski definition) is 2. The number of nitrogens with one attached hydrogen (secondary N) is 1. The van der Waals surface area contributed by atoms with E-state index in [1.807, 2.05) is 19.9 Å². The monoisotopic (exact) mass is 262 g/mol. The van der Waals surface area contributed by atoms with Crippen molar-refractivity contribution in [3.05, 3.63) is 28.8 Å². The van der Waals surface area contributed by atoms with Crippen LogP contribution in [0.5, 0.6) is 0 Å². The maximum atomic E-state index is 11.5. The molecule has 3 nitrogen and oxygen atoms in total. The average molecular weight is 263 g/mol. The number of carbonyl (C=O) groups excluding carboxylic acids is 1. The summed E-state index contributed by atoms with van der Waals surface area (Å²) in [4.78, 5) is 11.5. The zero-order chi connectivity index (χ0) is 11.4. The molecule has 0 fully saturated rings. The molecule has 1 atom stereocenters. The van der Waals surface area contributed by atoms with Crippen molar-refractivity contribution in [3.63, 3.8) is 0 Å².